The lowest BCUT2D eigenvalue weighted by molar-refractivity contribution is -0.141. The van der Waals surface area contributed by atoms with E-state index in [0.717, 1.165) is 41.7 Å². The van der Waals surface area contributed by atoms with Crippen LogP contribution < -0.4 is 4.80 Å². The van der Waals surface area contributed by atoms with Crippen molar-refractivity contribution >= 4 is 33.4 Å². The van der Waals surface area contributed by atoms with Gasteiger partial charge in [0, 0.05) is 5.56 Å². The van der Waals surface area contributed by atoms with Gasteiger partial charge in [0.25, 0.3) is 5.91 Å². The summed E-state index contributed by atoms with van der Waals surface area (Å²) in [6.07, 6.45) is -4.46. The van der Waals surface area contributed by atoms with Crippen LogP contribution in [0.4, 0.5) is 17.6 Å². The molecule has 1 atom stereocenters. The Kier molecular flexibility index (Phi) is 5.56. The summed E-state index contributed by atoms with van der Waals surface area (Å²) in [6, 6.07) is 6.52. The molecule has 3 aromatic rings. The van der Waals surface area contributed by atoms with Crippen molar-refractivity contribution in [2.24, 2.45) is 4.99 Å². The Labute approximate surface area is 165 Å². The Morgan fingerprint density at radius 1 is 1.21 bits per heavy atom. The fourth-order valence-electron chi connectivity index (χ4n) is 2.84. The Balaban J connectivity index is 2.26. The summed E-state index contributed by atoms with van der Waals surface area (Å²) in [5, 5.41) is 9.53. The molecule has 0 spiro atoms. The molecular weight excluding hydrogens is 412 g/mol. The molecule has 0 fully saturated rings. The van der Waals surface area contributed by atoms with Gasteiger partial charge in [-0.25, -0.2) is 9.18 Å². The first-order chi connectivity index (χ1) is 13.6. The van der Waals surface area contributed by atoms with Crippen molar-refractivity contribution in [3.05, 3.63) is 64.2 Å². The molecule has 2 aromatic carbocycles. The summed E-state index contributed by atoms with van der Waals surface area (Å²) >= 11 is 0.761. The van der Waals surface area contributed by atoms with Crippen molar-refractivity contribution in [3.63, 3.8) is 0 Å². The molecule has 152 valence electrons. The highest BCUT2D eigenvalue weighted by molar-refractivity contribution is 7.16. The third kappa shape index (κ3) is 4.21. The SMILES string of the molecule is CCC(C(=O)O)n1c(=NC(=O)c2cccc(F)c2)sc2cc(C(F)(F)F)ccc21. The first-order valence-corrected chi connectivity index (χ1v) is 9.23. The minimum Gasteiger partial charge on any atom is -0.480 e. The fraction of sp³-hybridized carbons (Fsp3) is 0.211. The Morgan fingerprint density at radius 3 is 2.52 bits per heavy atom. The van der Waals surface area contributed by atoms with E-state index in [9.17, 15) is 32.3 Å². The van der Waals surface area contributed by atoms with E-state index in [-0.39, 0.29) is 27.0 Å². The van der Waals surface area contributed by atoms with Crippen molar-refractivity contribution < 1.29 is 32.3 Å². The third-order valence-corrected chi connectivity index (χ3v) is 5.22. The second-order valence-corrected chi connectivity index (χ2v) is 7.13. The van der Waals surface area contributed by atoms with Crippen molar-refractivity contribution in [3.8, 4) is 0 Å². The maximum absolute atomic E-state index is 13.4. The van der Waals surface area contributed by atoms with Crippen molar-refractivity contribution in [2.45, 2.75) is 25.6 Å². The van der Waals surface area contributed by atoms with Crippen LogP contribution in [0.1, 0.15) is 35.3 Å². The number of nitrogens with zero attached hydrogens (tertiary/aromatic N) is 2. The van der Waals surface area contributed by atoms with Crippen LogP contribution in [-0.2, 0) is 11.0 Å². The van der Waals surface area contributed by atoms with Gasteiger partial charge in [0.15, 0.2) is 4.80 Å². The van der Waals surface area contributed by atoms with Crippen molar-refractivity contribution in [1.82, 2.24) is 4.57 Å². The van der Waals surface area contributed by atoms with E-state index in [1.807, 2.05) is 0 Å². The number of rotatable bonds is 4. The number of halogens is 4. The zero-order chi connectivity index (χ0) is 21.3. The standard InChI is InChI=1S/C19H14F4N2O3S/c1-2-13(17(27)28)25-14-7-6-11(19(21,22)23)9-15(14)29-18(25)24-16(26)10-4-3-5-12(20)8-10/h3-9,13H,2H2,1H3,(H,27,28). The number of benzene rings is 2. The van der Waals surface area contributed by atoms with E-state index in [4.69, 9.17) is 0 Å². The summed E-state index contributed by atoms with van der Waals surface area (Å²) in [6.45, 7) is 1.59. The average Bonchev–Trinajstić information content (AvgIpc) is 2.98. The van der Waals surface area contributed by atoms with E-state index >= 15 is 0 Å². The van der Waals surface area contributed by atoms with Gasteiger partial charge in [0.05, 0.1) is 15.8 Å². The highest BCUT2D eigenvalue weighted by Crippen LogP contribution is 2.33. The Hall–Kier alpha value is -3.01. The van der Waals surface area contributed by atoms with E-state index in [1.165, 1.54) is 16.7 Å². The first kappa shape index (κ1) is 20.7. The van der Waals surface area contributed by atoms with Crippen LogP contribution in [0, 0.1) is 5.82 Å². The predicted octanol–water partition coefficient (Wildman–Crippen LogP) is 4.64. The average molecular weight is 426 g/mol. The molecule has 1 N–H and O–H groups in total. The number of hydrogen-bond donors (Lipinski definition) is 1. The molecule has 1 amide bonds. The molecule has 10 heteroatoms. The topological polar surface area (TPSA) is 71.7 Å². The van der Waals surface area contributed by atoms with Gasteiger partial charge >= 0.3 is 12.1 Å². The molecule has 1 heterocycles. The molecule has 5 nitrogen and oxygen atoms in total. The van der Waals surface area contributed by atoms with Crippen LogP contribution in [0.15, 0.2) is 47.5 Å². The zero-order valence-electron chi connectivity index (χ0n) is 14.9. The summed E-state index contributed by atoms with van der Waals surface area (Å²) in [4.78, 5) is 27.9. The van der Waals surface area contributed by atoms with Gasteiger partial charge in [-0.2, -0.15) is 18.2 Å². The van der Waals surface area contributed by atoms with E-state index in [1.54, 1.807) is 6.92 Å². The van der Waals surface area contributed by atoms with Gasteiger partial charge in [-0.1, -0.05) is 24.3 Å². The highest BCUT2D eigenvalue weighted by Gasteiger charge is 2.31. The van der Waals surface area contributed by atoms with Crippen molar-refractivity contribution in [1.29, 1.82) is 0 Å². The summed E-state index contributed by atoms with van der Waals surface area (Å²) in [5.41, 5.74) is -0.749. The molecule has 0 radical (unpaired) electrons. The number of carbonyl (C=O) groups excluding carboxylic acids is 1. The fourth-order valence-corrected chi connectivity index (χ4v) is 3.95. The summed E-state index contributed by atoms with van der Waals surface area (Å²) in [7, 11) is 0. The molecular formula is C19H14F4N2O3S. The number of carboxylic acid groups (broad SMARTS) is 1. The van der Waals surface area contributed by atoms with E-state index < -0.39 is 35.5 Å². The predicted molar refractivity (Wildman–Crippen MR) is 98.1 cm³/mol. The number of amides is 1. The van der Waals surface area contributed by atoms with Gasteiger partial charge in [-0.05, 0) is 42.8 Å². The largest absolute Gasteiger partial charge is 0.480 e. The monoisotopic (exact) mass is 426 g/mol. The first-order valence-electron chi connectivity index (χ1n) is 8.41. The minimum absolute atomic E-state index is 0.0617. The van der Waals surface area contributed by atoms with Crippen LogP contribution in [-0.4, -0.2) is 21.6 Å². The van der Waals surface area contributed by atoms with Crippen LogP contribution in [0.2, 0.25) is 0 Å². The molecule has 1 aromatic heterocycles. The number of alkyl halides is 3. The van der Waals surface area contributed by atoms with Gasteiger partial charge in [0.1, 0.15) is 11.9 Å². The van der Waals surface area contributed by atoms with Gasteiger partial charge in [-0.15, -0.1) is 0 Å². The minimum atomic E-state index is -4.57. The lowest BCUT2D eigenvalue weighted by atomic mass is 10.2. The third-order valence-electron chi connectivity index (χ3n) is 4.21. The highest BCUT2D eigenvalue weighted by atomic mass is 32.1. The zero-order valence-corrected chi connectivity index (χ0v) is 15.7. The van der Waals surface area contributed by atoms with E-state index in [2.05, 4.69) is 4.99 Å². The molecule has 0 saturated carbocycles. The van der Waals surface area contributed by atoms with Gasteiger partial charge < -0.3 is 9.67 Å². The van der Waals surface area contributed by atoms with Crippen LogP contribution in [0.5, 0.6) is 0 Å². The molecule has 0 saturated heterocycles. The smallest absolute Gasteiger partial charge is 0.416 e. The lowest BCUT2D eigenvalue weighted by Crippen LogP contribution is -2.27. The molecule has 1 unspecified atom stereocenters. The van der Waals surface area contributed by atoms with Gasteiger partial charge in [0.2, 0.25) is 0 Å². The van der Waals surface area contributed by atoms with Crippen LogP contribution in [0.25, 0.3) is 10.2 Å². The second kappa shape index (κ2) is 7.78. The number of thiazole rings is 1. The molecule has 3 rings (SSSR count). The number of carboxylic acids is 1. The quantitative estimate of drug-likeness (QED) is 0.618. The van der Waals surface area contributed by atoms with Crippen molar-refractivity contribution in [2.75, 3.05) is 0 Å². The van der Waals surface area contributed by atoms with Gasteiger partial charge in [-0.3, -0.25) is 4.79 Å². The second-order valence-electron chi connectivity index (χ2n) is 6.12. The molecule has 0 aliphatic heterocycles. The number of aliphatic carboxylic acids is 1. The number of hydrogen-bond acceptors (Lipinski definition) is 3. The number of aromatic nitrogens is 1. The lowest BCUT2D eigenvalue weighted by Gasteiger charge is -2.14. The van der Waals surface area contributed by atoms with Crippen LogP contribution >= 0.6 is 11.3 Å². The number of fused-ring (bicyclic) bond motifs is 1. The molecule has 0 aliphatic carbocycles. The number of carbonyl (C=O) groups is 2. The summed E-state index contributed by atoms with van der Waals surface area (Å²) in [5.74, 6) is -2.70. The summed E-state index contributed by atoms with van der Waals surface area (Å²) < 4.78 is 53.8. The molecule has 0 bridgehead atoms. The van der Waals surface area contributed by atoms with Crippen LogP contribution in [0.3, 0.4) is 0 Å². The molecule has 29 heavy (non-hydrogen) atoms. The molecule has 0 aliphatic rings. The maximum Gasteiger partial charge on any atom is 0.416 e. The maximum atomic E-state index is 13.4. The van der Waals surface area contributed by atoms with E-state index in [0.29, 0.717) is 0 Å². The Morgan fingerprint density at radius 2 is 1.93 bits per heavy atom. The Bertz CT molecular complexity index is 1160. The normalized spacial score (nSPS) is 13.6.